The van der Waals surface area contributed by atoms with Gasteiger partial charge in [0.25, 0.3) is 0 Å². The molecule has 0 fully saturated rings. The number of rotatable bonds is 6. The number of carbonyl (C=O) groups is 2. The summed E-state index contributed by atoms with van der Waals surface area (Å²) in [5, 5.41) is 0. The Kier molecular flexibility index (Phi) is 6.21. The number of amides is 1. The number of aromatic nitrogens is 2. The summed E-state index contributed by atoms with van der Waals surface area (Å²) in [5.41, 5.74) is 0.810. The summed E-state index contributed by atoms with van der Waals surface area (Å²) in [6, 6.07) is 5.46. The van der Waals surface area contributed by atoms with Crippen molar-refractivity contribution >= 4 is 22.7 Å². The van der Waals surface area contributed by atoms with Crippen molar-refractivity contribution in [3.8, 4) is 5.75 Å². The topological polar surface area (TPSA) is 64.4 Å². The van der Waals surface area contributed by atoms with Crippen LogP contribution in [0.5, 0.6) is 5.75 Å². The number of imidazole rings is 1. The van der Waals surface area contributed by atoms with Crippen LogP contribution >= 0.6 is 0 Å². The number of nitrogens with zero attached hydrogens (tertiary/aromatic N) is 3. The average Bonchev–Trinajstić information content (AvgIpc) is 2.94. The highest BCUT2D eigenvalue weighted by Crippen LogP contribution is 2.27. The first kappa shape index (κ1) is 21.9. The monoisotopic (exact) mass is 387 g/mol. The quantitative estimate of drug-likeness (QED) is 0.698. The second kappa shape index (κ2) is 7.94. The fourth-order valence-electron chi connectivity index (χ4n) is 3.08. The summed E-state index contributed by atoms with van der Waals surface area (Å²) in [6.07, 6.45) is 0. The Morgan fingerprint density at radius 2 is 1.79 bits per heavy atom. The van der Waals surface area contributed by atoms with Crippen LogP contribution in [0.4, 0.5) is 0 Å². The van der Waals surface area contributed by atoms with Gasteiger partial charge in [0.2, 0.25) is 11.7 Å². The van der Waals surface area contributed by atoms with E-state index in [0.29, 0.717) is 30.2 Å². The number of hydrogen-bond acceptors (Lipinski definition) is 4. The minimum atomic E-state index is -0.595. The zero-order valence-electron chi connectivity index (χ0n) is 18.4. The minimum Gasteiger partial charge on any atom is -0.497 e. The second-order valence-corrected chi connectivity index (χ2v) is 9.42. The zero-order chi connectivity index (χ0) is 21.3. The molecule has 0 atom stereocenters. The van der Waals surface area contributed by atoms with Crippen LogP contribution in [-0.4, -0.2) is 46.3 Å². The third kappa shape index (κ3) is 4.91. The third-order valence-corrected chi connectivity index (χ3v) is 4.53. The molecule has 2 aromatic rings. The molecule has 1 aromatic heterocycles. The molecule has 0 radical (unpaired) electrons. The fourth-order valence-corrected chi connectivity index (χ4v) is 3.08. The van der Waals surface area contributed by atoms with E-state index in [4.69, 9.17) is 4.74 Å². The Hall–Kier alpha value is -2.37. The van der Waals surface area contributed by atoms with E-state index in [1.807, 2.05) is 50.8 Å². The van der Waals surface area contributed by atoms with Crippen LogP contribution in [0, 0.1) is 10.8 Å². The van der Waals surface area contributed by atoms with Crippen molar-refractivity contribution in [2.45, 2.75) is 55.0 Å². The number of ketones is 1. The van der Waals surface area contributed by atoms with Gasteiger partial charge in [-0.15, -0.1) is 0 Å². The molecule has 2 rings (SSSR count). The van der Waals surface area contributed by atoms with E-state index in [2.05, 4.69) is 25.8 Å². The van der Waals surface area contributed by atoms with Crippen molar-refractivity contribution < 1.29 is 14.3 Å². The molecular formula is C22H33N3O3. The molecule has 0 saturated carbocycles. The summed E-state index contributed by atoms with van der Waals surface area (Å²) in [6.45, 7) is 15.2. The van der Waals surface area contributed by atoms with Gasteiger partial charge >= 0.3 is 0 Å². The van der Waals surface area contributed by atoms with Crippen molar-refractivity contribution in [2.75, 3.05) is 20.2 Å². The molecule has 0 unspecified atom stereocenters. The largest absolute Gasteiger partial charge is 0.497 e. The van der Waals surface area contributed by atoms with Gasteiger partial charge in [-0.25, -0.2) is 4.98 Å². The first-order valence-electron chi connectivity index (χ1n) is 9.74. The number of Topliss-reactive ketones (excluding diaryl/α,β-unsaturated/α-hetero) is 1. The number of carbonyl (C=O) groups excluding carboxylic acids is 2. The highest BCUT2D eigenvalue weighted by atomic mass is 16.5. The molecular weight excluding hydrogens is 354 g/mol. The molecule has 0 aliphatic carbocycles. The summed E-state index contributed by atoms with van der Waals surface area (Å²) >= 11 is 0. The minimum absolute atomic E-state index is 0.00401. The van der Waals surface area contributed by atoms with E-state index < -0.39 is 5.41 Å². The maximum Gasteiger partial charge on any atom is 0.242 e. The van der Waals surface area contributed by atoms with Gasteiger partial charge in [0.05, 0.1) is 18.1 Å². The Morgan fingerprint density at radius 3 is 2.29 bits per heavy atom. The lowest BCUT2D eigenvalue weighted by Gasteiger charge is -2.29. The second-order valence-electron chi connectivity index (χ2n) is 9.42. The van der Waals surface area contributed by atoms with Crippen LogP contribution in [0.2, 0.25) is 0 Å². The summed E-state index contributed by atoms with van der Waals surface area (Å²) in [5.74, 6) is 0.866. The van der Waals surface area contributed by atoms with Gasteiger partial charge in [0.15, 0.2) is 5.82 Å². The predicted molar refractivity (Wildman–Crippen MR) is 112 cm³/mol. The summed E-state index contributed by atoms with van der Waals surface area (Å²) in [4.78, 5) is 32.5. The van der Waals surface area contributed by atoms with Gasteiger partial charge in [0, 0.05) is 24.6 Å². The van der Waals surface area contributed by atoms with E-state index >= 15 is 0 Å². The third-order valence-electron chi connectivity index (χ3n) is 4.53. The number of likely N-dealkylation sites (N-methyl/N-ethyl adjacent to an activating group) is 1. The molecule has 0 N–H and O–H groups in total. The van der Waals surface area contributed by atoms with Crippen molar-refractivity contribution in [3.63, 3.8) is 0 Å². The van der Waals surface area contributed by atoms with Crippen LogP contribution in [0.3, 0.4) is 0 Å². The van der Waals surface area contributed by atoms with E-state index in [0.717, 1.165) is 5.52 Å². The van der Waals surface area contributed by atoms with E-state index in [9.17, 15) is 9.59 Å². The highest BCUT2D eigenvalue weighted by molar-refractivity contribution is 6.00. The molecule has 154 valence electrons. The molecule has 0 bridgehead atoms. The molecule has 0 aliphatic rings. The maximum atomic E-state index is 13.1. The van der Waals surface area contributed by atoms with E-state index in [-0.39, 0.29) is 23.7 Å². The van der Waals surface area contributed by atoms with Crippen LogP contribution < -0.4 is 4.74 Å². The van der Waals surface area contributed by atoms with Crippen LogP contribution in [-0.2, 0) is 11.3 Å². The molecule has 0 aliphatic heterocycles. The van der Waals surface area contributed by atoms with Gasteiger partial charge in [-0.3, -0.25) is 9.59 Å². The molecule has 1 aromatic carbocycles. The number of benzene rings is 1. The van der Waals surface area contributed by atoms with Crippen LogP contribution in [0.15, 0.2) is 18.2 Å². The Balaban J connectivity index is 2.53. The first-order valence-corrected chi connectivity index (χ1v) is 9.74. The number of ether oxygens (including phenoxy) is 1. The fraction of sp³-hybridized carbons (Fsp3) is 0.591. The van der Waals surface area contributed by atoms with Gasteiger partial charge in [0.1, 0.15) is 12.3 Å². The number of methoxy groups -OCH3 is 1. The first-order chi connectivity index (χ1) is 12.9. The lowest BCUT2D eigenvalue weighted by atomic mass is 9.90. The average molecular weight is 388 g/mol. The summed E-state index contributed by atoms with van der Waals surface area (Å²) in [7, 11) is 1.59. The molecule has 1 heterocycles. The molecule has 6 nitrogen and oxygen atoms in total. The standard InChI is InChI=1S/C22H33N3O3/c1-9-24(14-21(2,3)4)18(26)13-25-17-12-15(28-8)10-11-16(17)23-20(25)19(27)22(5,6)7/h10-12H,9,13-14H2,1-8H3. The van der Waals surface area contributed by atoms with E-state index in [1.165, 1.54) is 0 Å². The molecule has 0 saturated heterocycles. The van der Waals surface area contributed by atoms with Gasteiger partial charge < -0.3 is 14.2 Å². The predicted octanol–water partition coefficient (Wildman–Crippen LogP) is 4.17. The van der Waals surface area contributed by atoms with Crippen molar-refractivity contribution in [1.82, 2.24) is 14.5 Å². The number of fused-ring (bicyclic) bond motifs is 1. The van der Waals surface area contributed by atoms with Gasteiger partial charge in [-0.05, 0) is 24.5 Å². The van der Waals surface area contributed by atoms with Crippen molar-refractivity contribution in [1.29, 1.82) is 0 Å². The Labute approximate surface area is 167 Å². The lowest BCUT2D eigenvalue weighted by molar-refractivity contribution is -0.132. The SMILES string of the molecule is CCN(CC(C)(C)C)C(=O)Cn1c(C(=O)C(C)(C)C)nc2ccc(OC)cc21. The molecule has 28 heavy (non-hydrogen) atoms. The molecule has 1 amide bonds. The van der Waals surface area contributed by atoms with Crippen molar-refractivity contribution in [2.24, 2.45) is 10.8 Å². The maximum absolute atomic E-state index is 13.1. The summed E-state index contributed by atoms with van der Waals surface area (Å²) < 4.78 is 7.07. The van der Waals surface area contributed by atoms with Crippen LogP contribution in [0.25, 0.3) is 11.0 Å². The van der Waals surface area contributed by atoms with Gasteiger partial charge in [-0.1, -0.05) is 41.5 Å². The molecule has 0 spiro atoms. The normalized spacial score (nSPS) is 12.3. The Bertz CT molecular complexity index is 870. The zero-order valence-corrected chi connectivity index (χ0v) is 18.4. The van der Waals surface area contributed by atoms with E-state index in [1.54, 1.807) is 11.7 Å². The van der Waals surface area contributed by atoms with Crippen molar-refractivity contribution in [3.05, 3.63) is 24.0 Å². The van der Waals surface area contributed by atoms with Gasteiger partial charge in [-0.2, -0.15) is 0 Å². The highest BCUT2D eigenvalue weighted by Gasteiger charge is 2.30. The number of hydrogen-bond donors (Lipinski definition) is 0. The molecule has 6 heteroatoms. The van der Waals surface area contributed by atoms with Crippen LogP contribution in [0.1, 0.15) is 59.1 Å². The smallest absolute Gasteiger partial charge is 0.242 e. The Morgan fingerprint density at radius 1 is 1.14 bits per heavy atom. The lowest BCUT2D eigenvalue weighted by Crippen LogP contribution is -2.40.